The number of aromatic nitrogens is 1. The Bertz CT molecular complexity index is 848. The molecule has 3 heterocycles. The lowest BCUT2D eigenvalue weighted by atomic mass is 9.75. The fraction of sp³-hybridized carbons (Fsp3) is 0.500. The average molecular weight is 356 g/mol. The van der Waals surface area contributed by atoms with Gasteiger partial charge in [0, 0.05) is 24.2 Å². The number of hydrogen-bond acceptors (Lipinski definition) is 4. The van der Waals surface area contributed by atoms with Crippen molar-refractivity contribution in [3.63, 3.8) is 0 Å². The molecule has 0 spiro atoms. The normalized spacial score (nSPS) is 22.3. The Balaban J connectivity index is 1.60. The molecule has 6 heteroatoms. The van der Waals surface area contributed by atoms with Gasteiger partial charge in [-0.05, 0) is 36.5 Å². The summed E-state index contributed by atoms with van der Waals surface area (Å²) in [6.07, 6.45) is 2.65. The van der Waals surface area contributed by atoms with Gasteiger partial charge < -0.3 is 19.0 Å². The van der Waals surface area contributed by atoms with Gasteiger partial charge in [0.15, 0.2) is 5.78 Å². The summed E-state index contributed by atoms with van der Waals surface area (Å²) in [6.45, 7) is 7.46. The van der Waals surface area contributed by atoms with Crippen molar-refractivity contribution >= 4 is 11.7 Å². The SMILES string of the molecule is Cc1c(C(=O)N2CCO[C@@H](c3ccco3)C2)[nH]c2c1C(=O)CC(C)(C)C2. The minimum absolute atomic E-state index is 0.0783. The van der Waals surface area contributed by atoms with Crippen LogP contribution in [0.25, 0.3) is 0 Å². The molecular formula is C20H24N2O4. The van der Waals surface area contributed by atoms with Crippen molar-refractivity contribution in [1.29, 1.82) is 0 Å². The van der Waals surface area contributed by atoms with E-state index in [4.69, 9.17) is 9.15 Å². The highest BCUT2D eigenvalue weighted by Gasteiger charge is 2.36. The standard InChI is InChI=1S/C20H24N2O4/c1-12-17-13(9-20(2,3)10-14(17)23)21-18(12)19(24)22-6-8-26-16(11-22)15-5-4-7-25-15/h4-5,7,16,21H,6,8-11H2,1-3H3/t16-/m1/s1. The number of furan rings is 1. The summed E-state index contributed by atoms with van der Waals surface area (Å²) in [4.78, 5) is 30.7. The zero-order chi connectivity index (χ0) is 18.5. The molecule has 1 fully saturated rings. The zero-order valence-corrected chi connectivity index (χ0v) is 15.4. The minimum atomic E-state index is -0.256. The van der Waals surface area contributed by atoms with Crippen molar-refractivity contribution in [2.24, 2.45) is 5.41 Å². The molecule has 0 bridgehead atoms. The van der Waals surface area contributed by atoms with Crippen molar-refractivity contribution in [2.75, 3.05) is 19.7 Å². The number of H-pyrrole nitrogens is 1. The third-order valence-corrected chi connectivity index (χ3v) is 5.33. The number of carbonyl (C=O) groups excluding carboxylic acids is 2. The molecule has 1 N–H and O–H groups in total. The van der Waals surface area contributed by atoms with Crippen LogP contribution >= 0.6 is 0 Å². The number of ketones is 1. The van der Waals surface area contributed by atoms with Crippen molar-refractivity contribution in [1.82, 2.24) is 9.88 Å². The molecule has 0 unspecified atom stereocenters. The van der Waals surface area contributed by atoms with Gasteiger partial charge >= 0.3 is 0 Å². The van der Waals surface area contributed by atoms with E-state index in [1.165, 1.54) is 0 Å². The molecule has 4 rings (SSSR count). The monoisotopic (exact) mass is 356 g/mol. The Labute approximate surface area is 152 Å². The number of Topliss-reactive ketones (excluding diaryl/α,β-unsaturated/α-hetero) is 1. The highest BCUT2D eigenvalue weighted by molar-refractivity contribution is 6.04. The first-order chi connectivity index (χ1) is 12.4. The predicted octanol–water partition coefficient (Wildman–Crippen LogP) is 3.28. The van der Waals surface area contributed by atoms with Gasteiger partial charge in [-0.1, -0.05) is 13.8 Å². The third kappa shape index (κ3) is 2.88. The van der Waals surface area contributed by atoms with Crippen molar-refractivity contribution < 1.29 is 18.7 Å². The second-order valence-electron chi connectivity index (χ2n) is 8.05. The van der Waals surface area contributed by atoms with Crippen molar-refractivity contribution in [2.45, 2.75) is 39.7 Å². The van der Waals surface area contributed by atoms with E-state index >= 15 is 0 Å². The molecule has 2 aliphatic rings. The fourth-order valence-electron chi connectivity index (χ4n) is 4.08. The largest absolute Gasteiger partial charge is 0.467 e. The van der Waals surface area contributed by atoms with E-state index in [9.17, 15) is 9.59 Å². The number of amides is 1. The van der Waals surface area contributed by atoms with Crippen LogP contribution in [0.4, 0.5) is 0 Å². The maximum Gasteiger partial charge on any atom is 0.270 e. The quantitative estimate of drug-likeness (QED) is 0.896. The van der Waals surface area contributed by atoms with Crippen LogP contribution in [0.2, 0.25) is 0 Å². The van der Waals surface area contributed by atoms with Crippen LogP contribution < -0.4 is 0 Å². The Morgan fingerprint density at radius 3 is 2.88 bits per heavy atom. The molecule has 1 aliphatic heterocycles. The molecule has 0 saturated carbocycles. The van der Waals surface area contributed by atoms with Crippen molar-refractivity contribution in [3.8, 4) is 0 Å². The van der Waals surface area contributed by atoms with E-state index in [2.05, 4.69) is 18.8 Å². The molecule has 1 saturated heterocycles. The summed E-state index contributed by atoms with van der Waals surface area (Å²) >= 11 is 0. The molecule has 0 radical (unpaired) electrons. The Morgan fingerprint density at radius 2 is 2.15 bits per heavy atom. The van der Waals surface area contributed by atoms with Gasteiger partial charge in [-0.25, -0.2) is 0 Å². The number of nitrogens with one attached hydrogen (secondary N) is 1. The summed E-state index contributed by atoms with van der Waals surface area (Å²) in [6, 6.07) is 3.67. The number of ether oxygens (including phenoxy) is 1. The van der Waals surface area contributed by atoms with E-state index < -0.39 is 0 Å². The van der Waals surface area contributed by atoms with Crippen LogP contribution in [0.3, 0.4) is 0 Å². The first-order valence-electron chi connectivity index (χ1n) is 9.04. The molecular weight excluding hydrogens is 332 g/mol. The summed E-state index contributed by atoms with van der Waals surface area (Å²) in [5, 5.41) is 0. The van der Waals surface area contributed by atoms with Crippen LogP contribution in [0.5, 0.6) is 0 Å². The average Bonchev–Trinajstić information content (AvgIpc) is 3.21. The minimum Gasteiger partial charge on any atom is -0.467 e. The van der Waals surface area contributed by atoms with Crippen molar-refractivity contribution in [3.05, 3.63) is 46.7 Å². The van der Waals surface area contributed by atoms with Crippen LogP contribution in [-0.4, -0.2) is 41.3 Å². The van der Waals surface area contributed by atoms with E-state index in [0.717, 1.165) is 23.4 Å². The smallest absolute Gasteiger partial charge is 0.270 e. The number of hydrogen-bond donors (Lipinski definition) is 1. The van der Waals surface area contributed by atoms with Gasteiger partial charge in [-0.3, -0.25) is 9.59 Å². The van der Waals surface area contributed by atoms with Crippen LogP contribution in [0.15, 0.2) is 22.8 Å². The maximum atomic E-state index is 13.1. The van der Waals surface area contributed by atoms with Gasteiger partial charge in [-0.15, -0.1) is 0 Å². The molecule has 138 valence electrons. The van der Waals surface area contributed by atoms with Gasteiger partial charge in [-0.2, -0.15) is 0 Å². The van der Waals surface area contributed by atoms with Gasteiger partial charge in [0.25, 0.3) is 5.91 Å². The lowest BCUT2D eigenvalue weighted by Crippen LogP contribution is -2.42. The topological polar surface area (TPSA) is 75.5 Å². The molecule has 26 heavy (non-hydrogen) atoms. The fourth-order valence-corrected chi connectivity index (χ4v) is 4.08. The first-order valence-corrected chi connectivity index (χ1v) is 9.04. The van der Waals surface area contributed by atoms with E-state index in [-0.39, 0.29) is 23.2 Å². The second kappa shape index (κ2) is 6.13. The summed E-state index contributed by atoms with van der Waals surface area (Å²) in [5.74, 6) is 0.767. The van der Waals surface area contributed by atoms with Crippen LogP contribution in [-0.2, 0) is 11.2 Å². The molecule has 0 aromatic carbocycles. The van der Waals surface area contributed by atoms with Crippen LogP contribution in [0, 0.1) is 12.3 Å². The Kier molecular flexibility index (Phi) is 4.03. The zero-order valence-electron chi connectivity index (χ0n) is 15.4. The summed E-state index contributed by atoms with van der Waals surface area (Å²) in [7, 11) is 0. The number of aromatic amines is 1. The van der Waals surface area contributed by atoms with E-state index in [0.29, 0.717) is 37.4 Å². The van der Waals surface area contributed by atoms with Gasteiger partial charge in [0.2, 0.25) is 0 Å². The maximum absolute atomic E-state index is 13.1. The number of rotatable bonds is 2. The second-order valence-corrected chi connectivity index (χ2v) is 8.05. The molecule has 6 nitrogen and oxygen atoms in total. The summed E-state index contributed by atoms with van der Waals surface area (Å²) in [5.41, 5.74) is 2.82. The number of morpholine rings is 1. The Hall–Kier alpha value is -2.34. The van der Waals surface area contributed by atoms with Gasteiger partial charge in [0.05, 0.1) is 19.4 Å². The third-order valence-electron chi connectivity index (χ3n) is 5.33. The molecule has 1 amide bonds. The Morgan fingerprint density at radius 1 is 1.35 bits per heavy atom. The van der Waals surface area contributed by atoms with Gasteiger partial charge in [0.1, 0.15) is 17.6 Å². The molecule has 1 atom stereocenters. The molecule has 1 aliphatic carbocycles. The van der Waals surface area contributed by atoms with Crippen LogP contribution in [0.1, 0.15) is 64.2 Å². The number of carbonyl (C=O) groups is 2. The molecule has 2 aromatic rings. The highest BCUT2D eigenvalue weighted by atomic mass is 16.5. The van der Waals surface area contributed by atoms with E-state index in [1.54, 1.807) is 11.2 Å². The number of nitrogens with zero attached hydrogens (tertiary/aromatic N) is 1. The van der Waals surface area contributed by atoms with E-state index in [1.807, 2.05) is 19.1 Å². The first kappa shape index (κ1) is 17.1. The predicted molar refractivity (Wildman–Crippen MR) is 95.3 cm³/mol. The molecule has 2 aromatic heterocycles. The summed E-state index contributed by atoms with van der Waals surface area (Å²) < 4.78 is 11.2. The lowest BCUT2D eigenvalue weighted by Gasteiger charge is -2.31. The highest BCUT2D eigenvalue weighted by Crippen LogP contribution is 2.37. The lowest BCUT2D eigenvalue weighted by molar-refractivity contribution is -0.0323. The number of fused-ring (bicyclic) bond motifs is 1.